The van der Waals surface area contributed by atoms with Crippen LogP contribution in [0.15, 0.2) is 55.0 Å². The molecule has 184 valence electrons. The second-order valence-corrected chi connectivity index (χ2v) is 7.43. The molecule has 1 amide bonds. The number of pyridine rings is 1. The van der Waals surface area contributed by atoms with Crippen LogP contribution in [0.3, 0.4) is 0 Å². The van der Waals surface area contributed by atoms with Gasteiger partial charge >= 0.3 is 12.1 Å². The highest BCUT2D eigenvalue weighted by Gasteiger charge is 2.38. The SMILES string of the molecule is NCc1cc(OCc2cccc(C(=O)N3CCc4cccnc4C3)c2)ncn1.O=C(O)C(F)(F)F. The second kappa shape index (κ2) is 11.4. The van der Waals surface area contributed by atoms with Gasteiger partial charge in [-0.05, 0) is 35.7 Å². The maximum atomic E-state index is 12.9. The van der Waals surface area contributed by atoms with Crippen LogP contribution in [0.4, 0.5) is 13.2 Å². The molecule has 0 atom stereocenters. The zero-order valence-corrected chi connectivity index (χ0v) is 18.4. The summed E-state index contributed by atoms with van der Waals surface area (Å²) in [4.78, 5) is 36.2. The fourth-order valence-corrected chi connectivity index (χ4v) is 3.23. The Morgan fingerprint density at radius 3 is 2.60 bits per heavy atom. The number of carbonyl (C=O) groups excluding carboxylic acids is 1. The maximum Gasteiger partial charge on any atom is 0.490 e. The van der Waals surface area contributed by atoms with Crippen LogP contribution < -0.4 is 10.5 Å². The van der Waals surface area contributed by atoms with Crippen LogP contribution in [0.5, 0.6) is 5.88 Å². The number of carboxylic acid groups (broad SMARTS) is 1. The predicted molar refractivity (Wildman–Crippen MR) is 117 cm³/mol. The van der Waals surface area contributed by atoms with Gasteiger partial charge in [0.2, 0.25) is 5.88 Å². The summed E-state index contributed by atoms with van der Waals surface area (Å²) >= 11 is 0. The zero-order chi connectivity index (χ0) is 25.4. The molecule has 0 fully saturated rings. The molecule has 1 aromatic carbocycles. The average Bonchev–Trinajstić information content (AvgIpc) is 2.87. The van der Waals surface area contributed by atoms with Gasteiger partial charge in [0.05, 0.1) is 17.9 Å². The van der Waals surface area contributed by atoms with Crippen molar-refractivity contribution in [1.29, 1.82) is 0 Å². The largest absolute Gasteiger partial charge is 0.490 e. The number of benzene rings is 1. The molecule has 12 heteroatoms. The molecule has 0 aliphatic carbocycles. The van der Waals surface area contributed by atoms with Crippen LogP contribution in [-0.2, 0) is 30.9 Å². The van der Waals surface area contributed by atoms with E-state index in [4.69, 9.17) is 20.4 Å². The highest BCUT2D eigenvalue weighted by atomic mass is 19.4. The van der Waals surface area contributed by atoms with E-state index < -0.39 is 12.1 Å². The van der Waals surface area contributed by atoms with Crippen molar-refractivity contribution in [2.45, 2.75) is 32.3 Å². The molecule has 35 heavy (non-hydrogen) atoms. The van der Waals surface area contributed by atoms with Gasteiger partial charge in [0.15, 0.2) is 0 Å². The van der Waals surface area contributed by atoms with Crippen LogP contribution >= 0.6 is 0 Å². The Bertz CT molecular complexity index is 1190. The van der Waals surface area contributed by atoms with Crippen molar-refractivity contribution in [3.8, 4) is 5.88 Å². The molecule has 3 aromatic rings. The summed E-state index contributed by atoms with van der Waals surface area (Å²) in [6.45, 7) is 1.88. The summed E-state index contributed by atoms with van der Waals surface area (Å²) in [6, 6.07) is 13.2. The van der Waals surface area contributed by atoms with Gasteiger partial charge < -0.3 is 20.5 Å². The van der Waals surface area contributed by atoms with Gasteiger partial charge in [-0.3, -0.25) is 9.78 Å². The monoisotopic (exact) mass is 489 g/mol. The minimum absolute atomic E-state index is 0.00519. The smallest absolute Gasteiger partial charge is 0.475 e. The number of halogens is 3. The molecule has 9 nitrogen and oxygen atoms in total. The third-order valence-corrected chi connectivity index (χ3v) is 4.97. The first-order valence-electron chi connectivity index (χ1n) is 10.4. The molecule has 0 unspecified atom stereocenters. The molecule has 0 spiro atoms. The summed E-state index contributed by atoms with van der Waals surface area (Å²) in [7, 11) is 0. The lowest BCUT2D eigenvalue weighted by atomic mass is 10.0. The van der Waals surface area contributed by atoms with Crippen molar-refractivity contribution in [2.24, 2.45) is 5.73 Å². The Morgan fingerprint density at radius 1 is 1.11 bits per heavy atom. The number of rotatable bonds is 5. The number of carbonyl (C=O) groups is 2. The summed E-state index contributed by atoms with van der Waals surface area (Å²) in [5.41, 5.74) is 10.0. The van der Waals surface area contributed by atoms with E-state index in [2.05, 4.69) is 21.0 Å². The normalized spacial score (nSPS) is 12.7. The van der Waals surface area contributed by atoms with Crippen LogP contribution in [0.2, 0.25) is 0 Å². The number of hydrogen-bond acceptors (Lipinski definition) is 7. The molecule has 0 bridgehead atoms. The van der Waals surface area contributed by atoms with Gasteiger partial charge in [0.1, 0.15) is 12.9 Å². The third-order valence-electron chi connectivity index (χ3n) is 4.97. The molecule has 2 aromatic heterocycles. The first-order chi connectivity index (χ1) is 16.7. The summed E-state index contributed by atoms with van der Waals surface area (Å²) in [6.07, 6.45) is -1.05. The van der Waals surface area contributed by atoms with E-state index in [0.717, 1.165) is 17.7 Å². The molecular weight excluding hydrogens is 467 g/mol. The van der Waals surface area contributed by atoms with Gasteiger partial charge in [-0.1, -0.05) is 18.2 Å². The first-order valence-corrected chi connectivity index (χ1v) is 10.4. The number of alkyl halides is 3. The number of carboxylic acids is 1. The van der Waals surface area contributed by atoms with E-state index >= 15 is 0 Å². The van der Waals surface area contributed by atoms with E-state index in [-0.39, 0.29) is 5.91 Å². The Hall–Kier alpha value is -4.06. The minimum Gasteiger partial charge on any atom is -0.475 e. The van der Waals surface area contributed by atoms with Gasteiger partial charge in [-0.2, -0.15) is 13.2 Å². The fourth-order valence-electron chi connectivity index (χ4n) is 3.23. The first kappa shape index (κ1) is 25.6. The van der Waals surface area contributed by atoms with E-state index in [1.807, 2.05) is 35.2 Å². The minimum atomic E-state index is -5.08. The van der Waals surface area contributed by atoms with E-state index in [0.29, 0.717) is 43.4 Å². The number of nitrogens with zero attached hydrogens (tertiary/aromatic N) is 4. The van der Waals surface area contributed by atoms with Gasteiger partial charge in [0, 0.05) is 30.9 Å². The van der Waals surface area contributed by atoms with Crippen LogP contribution in [-0.4, -0.2) is 49.6 Å². The molecule has 4 rings (SSSR count). The Labute approximate surface area is 198 Å². The number of fused-ring (bicyclic) bond motifs is 1. The van der Waals surface area contributed by atoms with Crippen molar-refractivity contribution in [3.05, 3.63) is 83.1 Å². The molecule has 3 N–H and O–H groups in total. The van der Waals surface area contributed by atoms with Crippen molar-refractivity contribution in [1.82, 2.24) is 19.9 Å². The van der Waals surface area contributed by atoms with Crippen molar-refractivity contribution < 1.29 is 32.6 Å². The lowest BCUT2D eigenvalue weighted by Crippen LogP contribution is -2.36. The lowest BCUT2D eigenvalue weighted by molar-refractivity contribution is -0.192. The Kier molecular flexibility index (Phi) is 8.31. The number of ether oxygens (including phenoxy) is 1. The summed E-state index contributed by atoms with van der Waals surface area (Å²) in [5, 5.41) is 7.12. The third kappa shape index (κ3) is 7.21. The second-order valence-electron chi connectivity index (χ2n) is 7.43. The molecule has 1 aliphatic rings. The van der Waals surface area contributed by atoms with Gasteiger partial charge in [0.25, 0.3) is 5.91 Å². The Morgan fingerprint density at radius 2 is 1.89 bits per heavy atom. The molecular formula is C23H22F3N5O4. The van der Waals surface area contributed by atoms with Crippen LogP contribution in [0.1, 0.15) is 32.9 Å². The highest BCUT2D eigenvalue weighted by molar-refractivity contribution is 5.94. The van der Waals surface area contributed by atoms with Gasteiger partial charge in [-0.15, -0.1) is 0 Å². The van der Waals surface area contributed by atoms with E-state index in [1.165, 1.54) is 11.9 Å². The zero-order valence-electron chi connectivity index (χ0n) is 18.4. The number of aliphatic carboxylic acids is 1. The standard InChI is InChI=1S/C21H21N5O2.C2HF3O2/c22-11-18-10-20(25-14-24-18)28-13-15-3-1-4-17(9-15)21(27)26-8-6-16-5-2-7-23-19(16)12-26;3-2(4,5)1(6)7/h1-5,7,9-10,14H,6,8,11-13,22H2;(H,6,7). The van der Waals surface area contributed by atoms with E-state index in [1.54, 1.807) is 12.3 Å². The maximum absolute atomic E-state index is 12.9. The van der Waals surface area contributed by atoms with Gasteiger partial charge in [-0.25, -0.2) is 14.8 Å². The number of aromatic nitrogens is 3. The van der Waals surface area contributed by atoms with Crippen molar-refractivity contribution in [3.63, 3.8) is 0 Å². The highest BCUT2D eigenvalue weighted by Crippen LogP contribution is 2.19. The molecule has 0 saturated carbocycles. The van der Waals surface area contributed by atoms with Crippen LogP contribution in [0.25, 0.3) is 0 Å². The number of amides is 1. The average molecular weight is 489 g/mol. The summed E-state index contributed by atoms with van der Waals surface area (Å²) < 4.78 is 37.5. The number of hydrogen-bond donors (Lipinski definition) is 2. The van der Waals surface area contributed by atoms with Crippen LogP contribution in [0, 0.1) is 0 Å². The fraction of sp³-hybridized carbons (Fsp3) is 0.261. The molecule has 3 heterocycles. The quantitative estimate of drug-likeness (QED) is 0.559. The lowest BCUT2D eigenvalue weighted by Gasteiger charge is -2.28. The predicted octanol–water partition coefficient (Wildman–Crippen LogP) is 2.74. The summed E-state index contributed by atoms with van der Waals surface area (Å²) in [5.74, 6) is -2.29. The van der Waals surface area contributed by atoms with Crippen molar-refractivity contribution in [2.75, 3.05) is 6.54 Å². The number of nitrogens with two attached hydrogens (primary N) is 1. The molecule has 0 saturated heterocycles. The van der Waals surface area contributed by atoms with E-state index in [9.17, 15) is 18.0 Å². The topological polar surface area (TPSA) is 132 Å². The Balaban J connectivity index is 0.000000429. The van der Waals surface area contributed by atoms with Crippen molar-refractivity contribution >= 4 is 11.9 Å². The molecule has 0 radical (unpaired) electrons. The molecule has 1 aliphatic heterocycles.